The fourth-order valence-electron chi connectivity index (χ4n) is 3.38. The number of hydrogen-bond acceptors (Lipinski definition) is 7. The molecule has 180 valence electrons. The van der Waals surface area contributed by atoms with Crippen LogP contribution in [0.25, 0.3) is 0 Å². The van der Waals surface area contributed by atoms with E-state index >= 15 is 0 Å². The molecule has 0 atom stereocenters. The van der Waals surface area contributed by atoms with Gasteiger partial charge in [-0.2, -0.15) is 0 Å². The molecule has 0 saturated heterocycles. The van der Waals surface area contributed by atoms with E-state index in [4.69, 9.17) is 4.74 Å². The first kappa shape index (κ1) is 25.2. The van der Waals surface area contributed by atoms with Crippen molar-refractivity contribution in [3.63, 3.8) is 0 Å². The lowest BCUT2D eigenvalue weighted by atomic mass is 10.1. The summed E-state index contributed by atoms with van der Waals surface area (Å²) in [7, 11) is 3.28. The number of amides is 2. The highest BCUT2D eigenvalue weighted by molar-refractivity contribution is 7.09. The fourth-order valence-corrected chi connectivity index (χ4v) is 4.20. The molecule has 0 aliphatic carbocycles. The topological polar surface area (TPSA) is 104 Å². The molecule has 2 aromatic carbocycles. The van der Waals surface area contributed by atoms with Crippen molar-refractivity contribution in [3.05, 3.63) is 75.2 Å². The number of hydrogen-bond donors (Lipinski definition) is 3. The molecule has 1 aromatic heterocycles. The number of rotatable bonds is 11. The second-order valence-electron chi connectivity index (χ2n) is 7.88. The lowest BCUT2D eigenvalue weighted by molar-refractivity contribution is 0.0782. The van der Waals surface area contributed by atoms with Crippen molar-refractivity contribution in [1.82, 2.24) is 20.5 Å². The number of phenols is 1. The van der Waals surface area contributed by atoms with Gasteiger partial charge in [0.15, 0.2) is 0 Å². The Morgan fingerprint density at radius 1 is 1.15 bits per heavy atom. The van der Waals surface area contributed by atoms with E-state index in [0.717, 1.165) is 22.0 Å². The number of aromatic nitrogens is 1. The lowest BCUT2D eigenvalue weighted by Gasteiger charge is -2.17. The summed E-state index contributed by atoms with van der Waals surface area (Å²) in [5.74, 6) is -0.292. The number of aryl methyl sites for hydroxylation is 1. The number of methoxy groups -OCH3 is 1. The van der Waals surface area contributed by atoms with E-state index in [1.165, 1.54) is 28.4 Å². The second kappa shape index (κ2) is 12.2. The number of thiazole rings is 1. The standard InChI is InChI=1S/C25H30N4O4S/c1-17-16-34-22(28-17)15-29(2)25(32)21-10-5-9-20(23(21)30)24(31)27-12-6-11-26-14-18-7-4-8-19(13-18)33-3/h4-5,7-10,13,16,26,30H,6,11-12,14-15H2,1-3H3,(H,27,31). The third-order valence-corrected chi connectivity index (χ3v) is 6.13. The minimum Gasteiger partial charge on any atom is -0.506 e. The van der Waals surface area contributed by atoms with Gasteiger partial charge in [-0.15, -0.1) is 11.3 Å². The van der Waals surface area contributed by atoms with Crippen LogP contribution in [-0.2, 0) is 13.1 Å². The zero-order valence-electron chi connectivity index (χ0n) is 19.6. The van der Waals surface area contributed by atoms with Crippen LogP contribution in [0.1, 0.15) is 43.4 Å². The van der Waals surface area contributed by atoms with Gasteiger partial charge in [-0.05, 0) is 49.7 Å². The number of benzene rings is 2. The Labute approximate surface area is 203 Å². The van der Waals surface area contributed by atoms with Crippen LogP contribution in [0, 0.1) is 6.92 Å². The van der Waals surface area contributed by atoms with Crippen molar-refractivity contribution in [2.75, 3.05) is 27.2 Å². The Bertz CT molecular complexity index is 1130. The molecule has 1 heterocycles. The predicted octanol–water partition coefficient (Wildman–Crippen LogP) is 3.35. The normalized spacial score (nSPS) is 10.7. The second-order valence-corrected chi connectivity index (χ2v) is 8.83. The maximum absolute atomic E-state index is 12.8. The first-order valence-corrected chi connectivity index (χ1v) is 11.9. The van der Waals surface area contributed by atoms with Crippen LogP contribution in [0.4, 0.5) is 0 Å². The molecule has 9 heteroatoms. The van der Waals surface area contributed by atoms with Crippen LogP contribution in [-0.4, -0.2) is 54.1 Å². The molecule has 0 bridgehead atoms. The van der Waals surface area contributed by atoms with Gasteiger partial charge in [0, 0.05) is 31.2 Å². The Balaban J connectivity index is 1.48. The SMILES string of the molecule is COc1cccc(CNCCCNC(=O)c2cccc(C(=O)N(C)Cc3nc(C)cs3)c2O)c1. The number of nitrogens with zero attached hydrogens (tertiary/aromatic N) is 2. The molecule has 2 amide bonds. The number of carbonyl (C=O) groups is 2. The van der Waals surface area contributed by atoms with Gasteiger partial charge in [0.25, 0.3) is 11.8 Å². The third-order valence-electron chi connectivity index (χ3n) is 5.18. The Morgan fingerprint density at radius 3 is 2.65 bits per heavy atom. The average Bonchev–Trinajstić information content (AvgIpc) is 3.25. The van der Waals surface area contributed by atoms with E-state index in [1.54, 1.807) is 20.2 Å². The summed E-state index contributed by atoms with van der Waals surface area (Å²) in [6.07, 6.45) is 0.713. The fraction of sp³-hybridized carbons (Fsp3) is 0.320. The van der Waals surface area contributed by atoms with E-state index in [1.807, 2.05) is 36.6 Å². The van der Waals surface area contributed by atoms with Gasteiger partial charge in [0.2, 0.25) is 0 Å². The minimum atomic E-state index is -0.418. The quantitative estimate of drug-likeness (QED) is 0.362. The number of para-hydroxylation sites is 1. The van der Waals surface area contributed by atoms with E-state index < -0.39 is 5.91 Å². The van der Waals surface area contributed by atoms with Crippen LogP contribution in [0.5, 0.6) is 11.5 Å². The number of aromatic hydroxyl groups is 1. The highest BCUT2D eigenvalue weighted by Gasteiger charge is 2.21. The molecule has 0 saturated carbocycles. The number of nitrogens with one attached hydrogen (secondary N) is 2. The Kier molecular flexibility index (Phi) is 9.00. The highest BCUT2D eigenvalue weighted by atomic mass is 32.1. The van der Waals surface area contributed by atoms with E-state index in [-0.39, 0.29) is 22.8 Å². The molecule has 0 spiro atoms. The first-order chi connectivity index (χ1) is 16.4. The van der Waals surface area contributed by atoms with Crippen molar-refractivity contribution >= 4 is 23.2 Å². The van der Waals surface area contributed by atoms with Gasteiger partial charge in [-0.1, -0.05) is 18.2 Å². The van der Waals surface area contributed by atoms with Crippen LogP contribution in [0.3, 0.4) is 0 Å². The smallest absolute Gasteiger partial charge is 0.257 e. The van der Waals surface area contributed by atoms with Crippen LogP contribution in [0.2, 0.25) is 0 Å². The summed E-state index contributed by atoms with van der Waals surface area (Å²) in [6.45, 7) is 4.07. The minimum absolute atomic E-state index is 0.0775. The maximum Gasteiger partial charge on any atom is 0.257 e. The third kappa shape index (κ3) is 6.79. The molecule has 8 nitrogen and oxygen atoms in total. The lowest BCUT2D eigenvalue weighted by Crippen LogP contribution is -2.29. The monoisotopic (exact) mass is 482 g/mol. The Morgan fingerprint density at radius 2 is 1.91 bits per heavy atom. The van der Waals surface area contributed by atoms with Crippen molar-refractivity contribution in [3.8, 4) is 11.5 Å². The molecule has 0 radical (unpaired) electrons. The summed E-state index contributed by atoms with van der Waals surface area (Å²) in [4.78, 5) is 31.3. The molecule has 0 unspecified atom stereocenters. The van der Waals surface area contributed by atoms with Gasteiger partial charge < -0.3 is 25.4 Å². The van der Waals surface area contributed by atoms with Gasteiger partial charge in [-0.3, -0.25) is 9.59 Å². The number of phenolic OH excluding ortho intramolecular Hbond substituents is 1. The molecule has 3 aromatic rings. The molecule has 0 aliphatic heterocycles. The molecular formula is C25H30N4O4S. The predicted molar refractivity (Wildman–Crippen MR) is 132 cm³/mol. The van der Waals surface area contributed by atoms with Gasteiger partial charge in [0.05, 0.1) is 24.8 Å². The molecule has 3 rings (SSSR count). The molecular weight excluding hydrogens is 452 g/mol. The molecule has 34 heavy (non-hydrogen) atoms. The first-order valence-electron chi connectivity index (χ1n) is 11.0. The van der Waals surface area contributed by atoms with Crippen LogP contribution in [0.15, 0.2) is 47.8 Å². The van der Waals surface area contributed by atoms with Gasteiger partial charge in [-0.25, -0.2) is 4.98 Å². The van der Waals surface area contributed by atoms with Crippen molar-refractivity contribution in [2.24, 2.45) is 0 Å². The summed E-state index contributed by atoms with van der Waals surface area (Å²) < 4.78 is 5.22. The zero-order chi connectivity index (χ0) is 24.5. The molecule has 0 fully saturated rings. The van der Waals surface area contributed by atoms with Gasteiger partial charge in [0.1, 0.15) is 16.5 Å². The largest absolute Gasteiger partial charge is 0.506 e. The average molecular weight is 483 g/mol. The van der Waals surface area contributed by atoms with Crippen molar-refractivity contribution < 1.29 is 19.4 Å². The maximum atomic E-state index is 12.8. The van der Waals surface area contributed by atoms with Crippen molar-refractivity contribution in [2.45, 2.75) is 26.4 Å². The van der Waals surface area contributed by atoms with E-state index in [0.29, 0.717) is 32.6 Å². The summed E-state index contributed by atoms with van der Waals surface area (Å²) in [6, 6.07) is 12.5. The van der Waals surface area contributed by atoms with E-state index in [9.17, 15) is 14.7 Å². The van der Waals surface area contributed by atoms with Crippen LogP contribution >= 0.6 is 11.3 Å². The zero-order valence-corrected chi connectivity index (χ0v) is 20.4. The van der Waals surface area contributed by atoms with Crippen LogP contribution < -0.4 is 15.4 Å². The molecule has 0 aliphatic rings. The summed E-state index contributed by atoms with van der Waals surface area (Å²) >= 11 is 1.48. The number of ether oxygens (including phenoxy) is 1. The van der Waals surface area contributed by atoms with E-state index in [2.05, 4.69) is 15.6 Å². The van der Waals surface area contributed by atoms with Crippen molar-refractivity contribution in [1.29, 1.82) is 0 Å². The van der Waals surface area contributed by atoms with Gasteiger partial charge >= 0.3 is 0 Å². The highest BCUT2D eigenvalue weighted by Crippen LogP contribution is 2.24. The molecule has 3 N–H and O–H groups in total. The summed E-state index contributed by atoms with van der Waals surface area (Å²) in [5, 5.41) is 19.5. The summed E-state index contributed by atoms with van der Waals surface area (Å²) in [5.41, 5.74) is 2.18. The Hall–Kier alpha value is -3.43. The number of carbonyl (C=O) groups excluding carboxylic acids is 2.